The van der Waals surface area contributed by atoms with E-state index in [-0.39, 0.29) is 5.91 Å². The van der Waals surface area contributed by atoms with Crippen molar-refractivity contribution in [2.75, 3.05) is 26.3 Å². The molecule has 1 saturated heterocycles. The van der Waals surface area contributed by atoms with Gasteiger partial charge in [0.1, 0.15) is 5.82 Å². The van der Waals surface area contributed by atoms with Crippen molar-refractivity contribution in [3.63, 3.8) is 0 Å². The van der Waals surface area contributed by atoms with Gasteiger partial charge in [0.15, 0.2) is 17.1 Å². The molecular formula is C22H26N4O3. The molecule has 0 spiro atoms. The van der Waals surface area contributed by atoms with Crippen molar-refractivity contribution < 1.29 is 14.3 Å². The van der Waals surface area contributed by atoms with Crippen LogP contribution in [0.5, 0.6) is 11.5 Å². The molecule has 3 aromatic rings. The molecule has 1 fully saturated rings. The number of fused-ring (bicyclic) bond motifs is 1. The Morgan fingerprint density at radius 1 is 1.03 bits per heavy atom. The van der Waals surface area contributed by atoms with E-state index in [1.165, 1.54) is 0 Å². The Labute approximate surface area is 170 Å². The lowest BCUT2D eigenvalue weighted by molar-refractivity contribution is 0.0710. The molecule has 152 valence electrons. The maximum atomic E-state index is 13.0. The first-order chi connectivity index (χ1) is 14.2. The van der Waals surface area contributed by atoms with E-state index >= 15 is 0 Å². The number of carbonyl (C=O) groups excluding carboxylic acids is 1. The Kier molecular flexibility index (Phi) is 5.64. The number of rotatable bonds is 6. The number of hydrogen-bond acceptors (Lipinski definition) is 5. The van der Waals surface area contributed by atoms with E-state index in [2.05, 4.69) is 10.2 Å². The summed E-state index contributed by atoms with van der Waals surface area (Å²) in [7, 11) is 0. The number of pyridine rings is 1. The van der Waals surface area contributed by atoms with Crippen LogP contribution in [0.1, 0.15) is 48.8 Å². The summed E-state index contributed by atoms with van der Waals surface area (Å²) in [6.07, 6.45) is 3.74. The predicted octanol–water partition coefficient (Wildman–Crippen LogP) is 3.55. The van der Waals surface area contributed by atoms with Gasteiger partial charge in [-0.05, 0) is 57.0 Å². The zero-order valence-electron chi connectivity index (χ0n) is 16.9. The van der Waals surface area contributed by atoms with E-state index in [4.69, 9.17) is 9.47 Å². The second-order valence-corrected chi connectivity index (χ2v) is 7.08. The molecule has 0 aliphatic carbocycles. The number of piperidine rings is 1. The molecule has 0 N–H and O–H groups in total. The first kappa shape index (κ1) is 19.2. The molecule has 1 aromatic carbocycles. The highest BCUT2D eigenvalue weighted by Gasteiger charge is 2.27. The van der Waals surface area contributed by atoms with Crippen molar-refractivity contribution in [1.82, 2.24) is 19.5 Å². The molecule has 1 aliphatic rings. The lowest BCUT2D eigenvalue weighted by Crippen LogP contribution is -2.38. The van der Waals surface area contributed by atoms with E-state index in [0.717, 1.165) is 24.3 Å². The smallest absolute Gasteiger partial charge is 0.253 e. The molecule has 0 bridgehead atoms. The number of likely N-dealkylation sites (tertiary alicyclic amines) is 1. The topological polar surface area (TPSA) is 69.0 Å². The predicted molar refractivity (Wildman–Crippen MR) is 110 cm³/mol. The van der Waals surface area contributed by atoms with Crippen molar-refractivity contribution in [2.24, 2.45) is 0 Å². The number of hydrogen-bond donors (Lipinski definition) is 0. The average Bonchev–Trinajstić information content (AvgIpc) is 3.19. The Morgan fingerprint density at radius 2 is 1.79 bits per heavy atom. The molecule has 0 unspecified atom stereocenters. The third-order valence-corrected chi connectivity index (χ3v) is 5.28. The van der Waals surface area contributed by atoms with Crippen molar-refractivity contribution in [3.05, 3.63) is 54.0 Å². The minimum absolute atomic E-state index is 0.0264. The molecule has 1 amide bonds. The van der Waals surface area contributed by atoms with Gasteiger partial charge in [0.25, 0.3) is 5.91 Å². The van der Waals surface area contributed by atoms with Gasteiger partial charge in [-0.2, -0.15) is 0 Å². The van der Waals surface area contributed by atoms with Crippen LogP contribution in [0.15, 0.2) is 42.6 Å². The first-order valence-electron chi connectivity index (χ1n) is 10.2. The van der Waals surface area contributed by atoms with E-state index in [0.29, 0.717) is 49.3 Å². The van der Waals surface area contributed by atoms with Crippen LogP contribution < -0.4 is 9.47 Å². The van der Waals surface area contributed by atoms with Gasteiger partial charge >= 0.3 is 0 Å². The second kappa shape index (κ2) is 8.51. The summed E-state index contributed by atoms with van der Waals surface area (Å²) in [5, 5.41) is 8.64. The van der Waals surface area contributed by atoms with Crippen LogP contribution in [-0.2, 0) is 0 Å². The molecule has 29 heavy (non-hydrogen) atoms. The highest BCUT2D eigenvalue weighted by atomic mass is 16.5. The van der Waals surface area contributed by atoms with Gasteiger partial charge in [0, 0.05) is 30.8 Å². The van der Waals surface area contributed by atoms with Gasteiger partial charge < -0.3 is 14.4 Å². The highest BCUT2D eigenvalue weighted by Crippen LogP contribution is 2.31. The van der Waals surface area contributed by atoms with Crippen LogP contribution in [0.25, 0.3) is 5.65 Å². The van der Waals surface area contributed by atoms with Gasteiger partial charge in [0.05, 0.1) is 13.2 Å². The maximum Gasteiger partial charge on any atom is 0.253 e. The van der Waals surface area contributed by atoms with E-state index in [9.17, 15) is 4.79 Å². The normalized spacial score (nSPS) is 14.9. The van der Waals surface area contributed by atoms with Crippen LogP contribution in [0, 0.1) is 0 Å². The Hall–Kier alpha value is -3.09. The third-order valence-electron chi connectivity index (χ3n) is 5.28. The number of amides is 1. The molecular weight excluding hydrogens is 368 g/mol. The summed E-state index contributed by atoms with van der Waals surface area (Å²) in [5.74, 6) is 2.59. The minimum Gasteiger partial charge on any atom is -0.490 e. The molecule has 3 heterocycles. The standard InChI is InChI=1S/C22H26N4O3/c1-3-28-18-9-8-17(15-19(18)29-4-2)22(27)25-13-10-16(11-14-25)21-24-23-20-7-5-6-12-26(20)21/h5-9,12,15-16H,3-4,10-11,13-14H2,1-2H3. The average molecular weight is 394 g/mol. The number of nitrogens with zero attached hydrogens (tertiary/aromatic N) is 4. The monoisotopic (exact) mass is 394 g/mol. The van der Waals surface area contributed by atoms with Gasteiger partial charge in [-0.25, -0.2) is 0 Å². The maximum absolute atomic E-state index is 13.0. The number of benzene rings is 1. The highest BCUT2D eigenvalue weighted by molar-refractivity contribution is 5.95. The summed E-state index contributed by atoms with van der Waals surface area (Å²) >= 11 is 0. The van der Waals surface area contributed by atoms with Gasteiger partial charge in [-0.15, -0.1) is 10.2 Å². The fraction of sp³-hybridized carbons (Fsp3) is 0.409. The fourth-order valence-corrected chi connectivity index (χ4v) is 3.85. The van der Waals surface area contributed by atoms with Crippen LogP contribution >= 0.6 is 0 Å². The molecule has 7 nitrogen and oxygen atoms in total. The van der Waals surface area contributed by atoms with E-state index in [1.54, 1.807) is 6.07 Å². The van der Waals surface area contributed by atoms with Crippen molar-refractivity contribution >= 4 is 11.6 Å². The van der Waals surface area contributed by atoms with Gasteiger partial charge in [0.2, 0.25) is 0 Å². The Bertz CT molecular complexity index is 993. The summed E-state index contributed by atoms with van der Waals surface area (Å²) in [4.78, 5) is 14.9. The fourth-order valence-electron chi connectivity index (χ4n) is 3.85. The number of carbonyl (C=O) groups is 1. The second-order valence-electron chi connectivity index (χ2n) is 7.08. The molecule has 0 saturated carbocycles. The summed E-state index contributed by atoms with van der Waals surface area (Å²) in [5.41, 5.74) is 1.49. The largest absolute Gasteiger partial charge is 0.490 e. The van der Waals surface area contributed by atoms with Crippen LogP contribution in [0.4, 0.5) is 0 Å². The van der Waals surface area contributed by atoms with Crippen molar-refractivity contribution in [3.8, 4) is 11.5 Å². The quantitative estimate of drug-likeness (QED) is 0.640. The number of ether oxygens (including phenoxy) is 2. The first-order valence-corrected chi connectivity index (χ1v) is 10.2. The molecule has 1 aliphatic heterocycles. The van der Waals surface area contributed by atoms with Crippen molar-refractivity contribution in [1.29, 1.82) is 0 Å². The molecule has 4 rings (SSSR count). The third kappa shape index (κ3) is 3.90. The summed E-state index contributed by atoms with van der Waals surface area (Å²) in [6, 6.07) is 11.3. The zero-order valence-corrected chi connectivity index (χ0v) is 16.9. The van der Waals surface area contributed by atoms with Crippen LogP contribution in [0.3, 0.4) is 0 Å². The lowest BCUT2D eigenvalue weighted by Gasteiger charge is -2.31. The molecule has 2 aromatic heterocycles. The van der Waals surface area contributed by atoms with Gasteiger partial charge in [-0.3, -0.25) is 9.20 Å². The van der Waals surface area contributed by atoms with Crippen LogP contribution in [0.2, 0.25) is 0 Å². The lowest BCUT2D eigenvalue weighted by atomic mass is 9.95. The van der Waals surface area contributed by atoms with E-state index in [1.807, 2.05) is 59.7 Å². The molecule has 7 heteroatoms. The SMILES string of the molecule is CCOc1ccc(C(=O)N2CCC(c3nnc4ccccn34)CC2)cc1OCC. The summed E-state index contributed by atoms with van der Waals surface area (Å²) < 4.78 is 13.3. The minimum atomic E-state index is 0.0264. The van der Waals surface area contributed by atoms with Gasteiger partial charge in [-0.1, -0.05) is 6.07 Å². The van der Waals surface area contributed by atoms with Crippen LogP contribution in [-0.4, -0.2) is 51.7 Å². The summed E-state index contributed by atoms with van der Waals surface area (Å²) in [6.45, 7) is 6.32. The molecule has 0 radical (unpaired) electrons. The molecule has 0 atom stereocenters. The number of aromatic nitrogens is 3. The Balaban J connectivity index is 1.45. The Morgan fingerprint density at radius 3 is 2.55 bits per heavy atom. The zero-order chi connectivity index (χ0) is 20.2. The van der Waals surface area contributed by atoms with E-state index < -0.39 is 0 Å². The van der Waals surface area contributed by atoms with Crippen molar-refractivity contribution in [2.45, 2.75) is 32.6 Å².